The minimum absolute atomic E-state index is 1.07. The van der Waals surface area contributed by atoms with Crippen LogP contribution >= 0.6 is 0 Å². The van der Waals surface area contributed by atoms with Crippen LogP contribution in [0, 0.1) is 13.8 Å². The maximum atomic E-state index is 3.98. The maximum Gasteiger partial charge on any atom is 0.0372 e. The van der Waals surface area contributed by atoms with Gasteiger partial charge >= 0.3 is 0 Å². The second-order valence-corrected chi connectivity index (χ2v) is 4.93. The lowest BCUT2D eigenvalue weighted by molar-refractivity contribution is 1.02. The molecule has 0 saturated carbocycles. The number of pyridine rings is 2. The first-order valence-electron chi connectivity index (χ1n) is 7.26. The molecule has 0 fully saturated rings. The van der Waals surface area contributed by atoms with Gasteiger partial charge in [-0.15, -0.1) is 0 Å². The average molecular weight is 280 g/mol. The molecule has 0 bridgehead atoms. The van der Waals surface area contributed by atoms with Crippen molar-refractivity contribution < 1.29 is 0 Å². The van der Waals surface area contributed by atoms with E-state index in [1.54, 1.807) is 12.4 Å². The largest absolute Gasteiger partial charge is 0.264 e. The molecule has 1 aliphatic carbocycles. The van der Waals surface area contributed by atoms with Gasteiger partial charge in [-0.3, -0.25) is 9.97 Å². The Balaban J connectivity index is 0.000000157. The smallest absolute Gasteiger partial charge is 0.0372 e. The molecule has 0 aromatic carbocycles. The van der Waals surface area contributed by atoms with Crippen molar-refractivity contribution in [2.45, 2.75) is 33.6 Å². The molecule has 2 heteroatoms. The zero-order valence-electron chi connectivity index (χ0n) is 13.2. The Morgan fingerprint density at radius 2 is 1.76 bits per heavy atom. The molecule has 2 heterocycles. The van der Waals surface area contributed by atoms with Crippen LogP contribution in [-0.2, 0) is 0 Å². The predicted octanol–water partition coefficient (Wildman–Crippen LogP) is 5.06. The van der Waals surface area contributed by atoms with E-state index in [1.165, 1.54) is 24.0 Å². The first kappa shape index (κ1) is 16.8. The van der Waals surface area contributed by atoms with Crippen LogP contribution in [0.25, 0.3) is 0 Å². The first-order valence-corrected chi connectivity index (χ1v) is 7.26. The Bertz CT molecular complexity index is 505. The highest BCUT2D eigenvalue weighted by atomic mass is 14.6. The molecule has 2 aromatic heterocycles. The Kier molecular flexibility index (Phi) is 8.46. The lowest BCUT2D eigenvalue weighted by Gasteiger charge is -1.96. The van der Waals surface area contributed by atoms with Crippen LogP contribution in [0.4, 0.5) is 0 Å². The van der Waals surface area contributed by atoms with E-state index in [0.717, 1.165) is 5.69 Å². The standard InChI is InChI=1S/C7H10.2C6H7N/c1-7-5-3-2-4-6-7;1-6-3-2-4-7-5-6;1-6-4-2-3-5-7-6/h3,5-6H,2,4H2,1H3;2*2-5H,1H3. The average Bonchev–Trinajstić information content (AvgIpc) is 2.51. The molecule has 0 atom stereocenters. The van der Waals surface area contributed by atoms with Crippen LogP contribution in [0.5, 0.6) is 0 Å². The number of aryl methyl sites for hydroxylation is 2. The number of nitrogens with zero attached hydrogens (tertiary/aromatic N) is 2. The van der Waals surface area contributed by atoms with Gasteiger partial charge in [0.25, 0.3) is 0 Å². The lowest BCUT2D eigenvalue weighted by atomic mass is 10.1. The lowest BCUT2D eigenvalue weighted by Crippen LogP contribution is -1.76. The van der Waals surface area contributed by atoms with Crippen molar-refractivity contribution in [1.29, 1.82) is 0 Å². The number of allylic oxidation sites excluding steroid dienone is 4. The van der Waals surface area contributed by atoms with Gasteiger partial charge in [0, 0.05) is 24.3 Å². The fraction of sp³-hybridized carbons (Fsp3) is 0.263. The zero-order valence-corrected chi connectivity index (χ0v) is 13.2. The second-order valence-electron chi connectivity index (χ2n) is 4.93. The Labute approximate surface area is 128 Å². The fourth-order valence-corrected chi connectivity index (χ4v) is 1.64. The molecule has 2 aromatic rings. The van der Waals surface area contributed by atoms with Gasteiger partial charge in [-0.25, -0.2) is 0 Å². The Hall–Kier alpha value is -2.22. The highest BCUT2D eigenvalue weighted by molar-refractivity contribution is 5.19. The number of rotatable bonds is 0. The third-order valence-corrected chi connectivity index (χ3v) is 2.80. The van der Waals surface area contributed by atoms with Crippen molar-refractivity contribution in [2.24, 2.45) is 0 Å². The summed E-state index contributed by atoms with van der Waals surface area (Å²) in [6.07, 6.45) is 14.5. The second kappa shape index (κ2) is 10.6. The quantitative estimate of drug-likeness (QED) is 0.674. The molecule has 1 aliphatic rings. The molecule has 0 N–H and O–H groups in total. The summed E-state index contributed by atoms with van der Waals surface area (Å²) in [5.41, 5.74) is 3.69. The summed E-state index contributed by atoms with van der Waals surface area (Å²) in [6, 6.07) is 9.80. The molecule has 0 radical (unpaired) electrons. The van der Waals surface area contributed by atoms with Gasteiger partial charge in [-0.05, 0) is 57.4 Å². The highest BCUT2D eigenvalue weighted by Gasteiger charge is 1.86. The third-order valence-electron chi connectivity index (χ3n) is 2.80. The third kappa shape index (κ3) is 9.33. The molecule has 110 valence electrons. The van der Waals surface area contributed by atoms with Gasteiger partial charge in [0.2, 0.25) is 0 Å². The molecule has 0 unspecified atom stereocenters. The molecular weight excluding hydrogens is 256 g/mol. The van der Waals surface area contributed by atoms with Gasteiger partial charge < -0.3 is 0 Å². The Morgan fingerprint density at radius 1 is 0.905 bits per heavy atom. The molecule has 21 heavy (non-hydrogen) atoms. The van der Waals surface area contributed by atoms with E-state index in [2.05, 4.69) is 35.1 Å². The molecule has 0 aliphatic heterocycles. The molecule has 0 saturated heterocycles. The molecular formula is C19H24N2. The van der Waals surface area contributed by atoms with Gasteiger partial charge in [0.1, 0.15) is 0 Å². The predicted molar refractivity (Wildman–Crippen MR) is 90.1 cm³/mol. The van der Waals surface area contributed by atoms with E-state index in [4.69, 9.17) is 0 Å². The highest BCUT2D eigenvalue weighted by Crippen LogP contribution is 2.06. The van der Waals surface area contributed by atoms with Gasteiger partial charge in [-0.2, -0.15) is 0 Å². The minimum atomic E-state index is 1.07. The summed E-state index contributed by atoms with van der Waals surface area (Å²) in [7, 11) is 0. The van der Waals surface area contributed by atoms with Crippen molar-refractivity contribution >= 4 is 0 Å². The van der Waals surface area contributed by atoms with E-state index in [1.807, 2.05) is 50.4 Å². The number of aromatic nitrogens is 2. The van der Waals surface area contributed by atoms with Gasteiger partial charge in [-0.1, -0.05) is 35.9 Å². The maximum absolute atomic E-state index is 3.98. The van der Waals surface area contributed by atoms with E-state index in [9.17, 15) is 0 Å². The number of hydrogen-bond acceptors (Lipinski definition) is 2. The van der Waals surface area contributed by atoms with Crippen LogP contribution < -0.4 is 0 Å². The van der Waals surface area contributed by atoms with E-state index < -0.39 is 0 Å². The SMILES string of the molecule is CC1=CCCC=C1.Cc1ccccn1.Cc1cccnc1. The van der Waals surface area contributed by atoms with Crippen molar-refractivity contribution in [2.75, 3.05) is 0 Å². The Morgan fingerprint density at radius 3 is 2.05 bits per heavy atom. The van der Waals surface area contributed by atoms with Crippen molar-refractivity contribution in [1.82, 2.24) is 9.97 Å². The molecule has 2 nitrogen and oxygen atoms in total. The van der Waals surface area contributed by atoms with E-state index in [-0.39, 0.29) is 0 Å². The summed E-state index contributed by atoms with van der Waals surface area (Å²) in [5.74, 6) is 0. The van der Waals surface area contributed by atoms with Crippen molar-refractivity contribution in [3.8, 4) is 0 Å². The van der Waals surface area contributed by atoms with Gasteiger partial charge in [0.05, 0.1) is 0 Å². The molecule has 3 rings (SSSR count). The van der Waals surface area contributed by atoms with Crippen LogP contribution in [0.15, 0.2) is 72.7 Å². The molecule has 0 amide bonds. The normalized spacial score (nSPS) is 12.2. The number of hydrogen-bond donors (Lipinski definition) is 0. The van der Waals surface area contributed by atoms with Crippen LogP contribution in [0.1, 0.15) is 31.0 Å². The zero-order chi connectivity index (χ0) is 15.3. The summed E-state index contributed by atoms with van der Waals surface area (Å²) >= 11 is 0. The van der Waals surface area contributed by atoms with Crippen molar-refractivity contribution in [3.05, 3.63) is 84.0 Å². The fourth-order valence-electron chi connectivity index (χ4n) is 1.64. The minimum Gasteiger partial charge on any atom is -0.264 e. The first-order chi connectivity index (χ1) is 10.2. The summed E-state index contributed by atoms with van der Waals surface area (Å²) in [5, 5.41) is 0. The van der Waals surface area contributed by atoms with E-state index >= 15 is 0 Å². The summed E-state index contributed by atoms with van der Waals surface area (Å²) in [4.78, 5) is 7.86. The topological polar surface area (TPSA) is 25.8 Å². The van der Waals surface area contributed by atoms with Crippen LogP contribution in [-0.4, -0.2) is 9.97 Å². The van der Waals surface area contributed by atoms with E-state index in [0.29, 0.717) is 0 Å². The van der Waals surface area contributed by atoms with Crippen LogP contribution in [0.2, 0.25) is 0 Å². The monoisotopic (exact) mass is 280 g/mol. The van der Waals surface area contributed by atoms with Crippen LogP contribution in [0.3, 0.4) is 0 Å². The summed E-state index contributed by atoms with van der Waals surface area (Å²) < 4.78 is 0. The molecule has 0 spiro atoms. The summed E-state index contributed by atoms with van der Waals surface area (Å²) in [6.45, 7) is 6.13. The van der Waals surface area contributed by atoms with Gasteiger partial charge in [0.15, 0.2) is 0 Å². The van der Waals surface area contributed by atoms with Crippen molar-refractivity contribution in [3.63, 3.8) is 0 Å².